The SMILES string of the molecule is O=C(NCCCCCCO)c1c[nH]c(=O)[nH]c1=O. The molecule has 0 saturated carbocycles. The minimum Gasteiger partial charge on any atom is -0.396 e. The van der Waals surface area contributed by atoms with Crippen LogP contribution in [0.2, 0.25) is 0 Å². The van der Waals surface area contributed by atoms with E-state index in [-0.39, 0.29) is 12.2 Å². The number of rotatable bonds is 7. The lowest BCUT2D eigenvalue weighted by molar-refractivity contribution is 0.0951. The molecule has 0 aliphatic rings. The van der Waals surface area contributed by atoms with Crippen molar-refractivity contribution in [1.82, 2.24) is 15.3 Å². The van der Waals surface area contributed by atoms with Gasteiger partial charge in [-0.05, 0) is 12.8 Å². The minimum atomic E-state index is -0.698. The Labute approximate surface area is 103 Å². The van der Waals surface area contributed by atoms with Gasteiger partial charge in [-0.2, -0.15) is 0 Å². The predicted molar refractivity (Wildman–Crippen MR) is 65.6 cm³/mol. The summed E-state index contributed by atoms with van der Waals surface area (Å²) in [5.41, 5.74) is -1.44. The minimum absolute atomic E-state index is 0.107. The number of aromatic amines is 2. The fraction of sp³-hybridized carbons (Fsp3) is 0.545. The Morgan fingerprint density at radius 3 is 2.61 bits per heavy atom. The van der Waals surface area contributed by atoms with Gasteiger partial charge in [-0.3, -0.25) is 14.6 Å². The maximum Gasteiger partial charge on any atom is 0.325 e. The van der Waals surface area contributed by atoms with E-state index in [0.29, 0.717) is 6.54 Å². The maximum absolute atomic E-state index is 11.6. The van der Waals surface area contributed by atoms with Gasteiger partial charge in [0.15, 0.2) is 0 Å². The number of aromatic nitrogens is 2. The molecule has 7 nitrogen and oxygen atoms in total. The van der Waals surface area contributed by atoms with E-state index in [1.807, 2.05) is 4.98 Å². The van der Waals surface area contributed by atoms with Crippen molar-refractivity contribution in [1.29, 1.82) is 0 Å². The molecule has 0 aliphatic heterocycles. The fourth-order valence-electron chi connectivity index (χ4n) is 1.47. The first-order valence-electron chi connectivity index (χ1n) is 5.86. The second-order valence-electron chi connectivity index (χ2n) is 3.88. The largest absolute Gasteiger partial charge is 0.396 e. The number of amides is 1. The summed E-state index contributed by atoms with van der Waals surface area (Å²) in [5, 5.41) is 11.2. The summed E-state index contributed by atoms with van der Waals surface area (Å²) < 4.78 is 0. The number of aliphatic hydroxyl groups is 1. The average molecular weight is 255 g/mol. The third kappa shape index (κ3) is 4.54. The number of unbranched alkanes of at least 4 members (excludes halogenated alkanes) is 3. The molecule has 0 radical (unpaired) electrons. The van der Waals surface area contributed by atoms with Crippen molar-refractivity contribution < 1.29 is 9.90 Å². The molecule has 0 atom stereocenters. The second kappa shape index (κ2) is 7.44. The Balaban J connectivity index is 2.37. The number of hydrogen-bond acceptors (Lipinski definition) is 4. The molecular formula is C11H17N3O4. The molecule has 1 heterocycles. The first-order chi connectivity index (χ1) is 8.65. The highest BCUT2D eigenvalue weighted by atomic mass is 16.3. The molecule has 1 amide bonds. The summed E-state index contributed by atoms with van der Waals surface area (Å²) in [6.07, 6.45) is 4.46. The van der Waals surface area contributed by atoms with Gasteiger partial charge in [-0.25, -0.2) is 4.79 Å². The van der Waals surface area contributed by atoms with Gasteiger partial charge >= 0.3 is 5.69 Å². The van der Waals surface area contributed by atoms with Crippen molar-refractivity contribution in [3.8, 4) is 0 Å². The molecule has 100 valence electrons. The van der Waals surface area contributed by atoms with Crippen LogP contribution in [-0.4, -0.2) is 34.1 Å². The van der Waals surface area contributed by atoms with E-state index in [1.165, 1.54) is 0 Å². The first kappa shape index (κ1) is 14.2. The molecule has 0 bridgehead atoms. The lowest BCUT2D eigenvalue weighted by atomic mass is 10.2. The average Bonchev–Trinajstić information content (AvgIpc) is 2.33. The summed E-state index contributed by atoms with van der Waals surface area (Å²) in [7, 11) is 0. The van der Waals surface area contributed by atoms with E-state index in [4.69, 9.17) is 5.11 Å². The Kier molecular flexibility index (Phi) is 5.86. The molecular weight excluding hydrogens is 238 g/mol. The van der Waals surface area contributed by atoms with Crippen LogP contribution in [0.4, 0.5) is 0 Å². The molecule has 18 heavy (non-hydrogen) atoms. The van der Waals surface area contributed by atoms with E-state index in [2.05, 4.69) is 10.3 Å². The van der Waals surface area contributed by atoms with Crippen LogP contribution in [0.1, 0.15) is 36.0 Å². The number of hydrogen-bond donors (Lipinski definition) is 4. The van der Waals surface area contributed by atoms with E-state index in [1.54, 1.807) is 0 Å². The van der Waals surface area contributed by atoms with Gasteiger partial charge in [0.25, 0.3) is 11.5 Å². The topological polar surface area (TPSA) is 115 Å². The highest BCUT2D eigenvalue weighted by Gasteiger charge is 2.09. The summed E-state index contributed by atoms with van der Waals surface area (Å²) in [6, 6.07) is 0. The Hall–Kier alpha value is -1.89. The van der Waals surface area contributed by atoms with E-state index >= 15 is 0 Å². The third-order valence-corrected chi connectivity index (χ3v) is 2.43. The molecule has 4 N–H and O–H groups in total. The highest BCUT2D eigenvalue weighted by molar-refractivity contribution is 5.93. The molecule has 1 aromatic rings. The van der Waals surface area contributed by atoms with Crippen molar-refractivity contribution in [3.05, 3.63) is 32.6 Å². The number of aliphatic hydroxyl groups excluding tert-OH is 1. The zero-order valence-corrected chi connectivity index (χ0v) is 9.99. The molecule has 0 saturated heterocycles. The van der Waals surface area contributed by atoms with Crippen LogP contribution in [0.25, 0.3) is 0 Å². The normalized spacial score (nSPS) is 10.3. The summed E-state index contributed by atoms with van der Waals surface area (Å²) in [6.45, 7) is 0.641. The van der Waals surface area contributed by atoms with Gasteiger partial charge in [0.05, 0.1) is 0 Å². The van der Waals surface area contributed by atoms with Crippen molar-refractivity contribution in [2.75, 3.05) is 13.2 Å². The zero-order chi connectivity index (χ0) is 13.4. The van der Waals surface area contributed by atoms with Crippen LogP contribution in [-0.2, 0) is 0 Å². The standard InChI is InChI=1S/C11H17N3O4/c15-6-4-2-1-3-5-12-9(16)8-7-13-11(18)14-10(8)17/h7,15H,1-6H2,(H,12,16)(H2,13,14,17,18). The highest BCUT2D eigenvalue weighted by Crippen LogP contribution is 1.97. The zero-order valence-electron chi connectivity index (χ0n) is 9.99. The van der Waals surface area contributed by atoms with Crippen molar-refractivity contribution in [2.24, 2.45) is 0 Å². The maximum atomic E-state index is 11.6. The molecule has 0 unspecified atom stereocenters. The van der Waals surface area contributed by atoms with E-state index in [9.17, 15) is 14.4 Å². The van der Waals surface area contributed by atoms with Crippen molar-refractivity contribution >= 4 is 5.91 Å². The lowest BCUT2D eigenvalue weighted by Crippen LogP contribution is -2.33. The van der Waals surface area contributed by atoms with Gasteiger partial charge in [0.2, 0.25) is 0 Å². The number of nitrogens with one attached hydrogen (secondary N) is 3. The smallest absolute Gasteiger partial charge is 0.325 e. The Bertz CT molecular complexity index is 492. The molecule has 0 aromatic carbocycles. The second-order valence-corrected chi connectivity index (χ2v) is 3.88. The molecule has 0 fully saturated rings. The number of carbonyl (C=O) groups is 1. The quantitative estimate of drug-likeness (QED) is 0.484. The number of H-pyrrole nitrogens is 2. The van der Waals surface area contributed by atoms with Gasteiger partial charge in [0.1, 0.15) is 5.56 Å². The van der Waals surface area contributed by atoms with Crippen LogP contribution in [0, 0.1) is 0 Å². The van der Waals surface area contributed by atoms with Gasteiger partial charge in [-0.1, -0.05) is 12.8 Å². The first-order valence-corrected chi connectivity index (χ1v) is 5.86. The monoisotopic (exact) mass is 255 g/mol. The van der Waals surface area contributed by atoms with E-state index in [0.717, 1.165) is 31.9 Å². The third-order valence-electron chi connectivity index (χ3n) is 2.43. The van der Waals surface area contributed by atoms with Gasteiger partial charge in [-0.15, -0.1) is 0 Å². The number of carbonyl (C=O) groups excluding carboxylic acids is 1. The molecule has 7 heteroatoms. The fourth-order valence-corrected chi connectivity index (χ4v) is 1.47. The molecule has 1 rings (SSSR count). The summed E-state index contributed by atoms with van der Waals surface area (Å²) in [4.78, 5) is 37.8. The summed E-state index contributed by atoms with van der Waals surface area (Å²) in [5.74, 6) is -0.505. The molecule has 0 spiro atoms. The van der Waals surface area contributed by atoms with E-state index < -0.39 is 17.2 Å². The van der Waals surface area contributed by atoms with Crippen LogP contribution in [0.15, 0.2) is 15.8 Å². The van der Waals surface area contributed by atoms with Crippen LogP contribution in [0.3, 0.4) is 0 Å². The van der Waals surface area contributed by atoms with Gasteiger partial charge < -0.3 is 15.4 Å². The van der Waals surface area contributed by atoms with Crippen LogP contribution < -0.4 is 16.6 Å². The Morgan fingerprint density at radius 1 is 1.22 bits per heavy atom. The Morgan fingerprint density at radius 2 is 1.94 bits per heavy atom. The molecule has 0 aliphatic carbocycles. The van der Waals surface area contributed by atoms with Gasteiger partial charge in [0, 0.05) is 19.3 Å². The molecule has 1 aromatic heterocycles. The van der Waals surface area contributed by atoms with Crippen LogP contribution in [0.5, 0.6) is 0 Å². The summed E-state index contributed by atoms with van der Waals surface area (Å²) >= 11 is 0. The van der Waals surface area contributed by atoms with Crippen molar-refractivity contribution in [2.45, 2.75) is 25.7 Å². The van der Waals surface area contributed by atoms with Crippen LogP contribution >= 0.6 is 0 Å². The lowest BCUT2D eigenvalue weighted by Gasteiger charge is -2.03. The predicted octanol–water partition coefficient (Wildman–Crippen LogP) is -0.654. The van der Waals surface area contributed by atoms with Crippen molar-refractivity contribution in [3.63, 3.8) is 0 Å².